The zero-order valence-electron chi connectivity index (χ0n) is 16.3. The molecule has 0 saturated heterocycles. The predicted molar refractivity (Wildman–Crippen MR) is 97.2 cm³/mol. The number of sulfone groups is 1. The SMILES string of the molecule is CCCCS(=O)(=O)CC[n+]1ccn(CC)c1.O=S(=O)([N-]S(=O)(=O)C(F)(F)F)C(F)(F)F. The van der Waals surface area contributed by atoms with Gasteiger partial charge < -0.3 is 4.13 Å². The minimum atomic E-state index is -6.72. The van der Waals surface area contributed by atoms with Gasteiger partial charge in [0, 0.05) is 0 Å². The summed E-state index contributed by atoms with van der Waals surface area (Å²) in [5, 5.41) is 0. The topological polar surface area (TPSA) is 125 Å². The Kier molecular flexibility index (Phi) is 10.5. The summed E-state index contributed by atoms with van der Waals surface area (Å²) in [5.74, 6) is 0.559. The largest absolute Gasteiger partial charge is 0.480 e. The van der Waals surface area contributed by atoms with Crippen LogP contribution in [0, 0.1) is 0 Å². The Balaban J connectivity index is 0.000000582. The van der Waals surface area contributed by atoms with Gasteiger partial charge >= 0.3 is 11.0 Å². The molecule has 9 nitrogen and oxygen atoms in total. The van der Waals surface area contributed by atoms with Crippen LogP contribution in [0.4, 0.5) is 26.3 Å². The maximum atomic E-state index is 11.6. The average Bonchev–Trinajstić information content (AvgIpc) is 3.04. The van der Waals surface area contributed by atoms with Gasteiger partial charge in [0.25, 0.3) is 0 Å². The van der Waals surface area contributed by atoms with Gasteiger partial charge in [0.1, 0.15) is 18.9 Å². The first-order valence-electron chi connectivity index (χ1n) is 8.40. The highest BCUT2D eigenvalue weighted by Gasteiger charge is 2.46. The highest BCUT2D eigenvalue weighted by Crippen LogP contribution is 2.36. The van der Waals surface area contributed by atoms with E-state index >= 15 is 0 Å². The molecule has 0 saturated carbocycles. The van der Waals surface area contributed by atoms with Gasteiger partial charge in [-0.1, -0.05) is 13.3 Å². The summed E-state index contributed by atoms with van der Waals surface area (Å²) in [5.41, 5.74) is -12.4. The molecule has 0 N–H and O–H groups in total. The van der Waals surface area contributed by atoms with E-state index < -0.39 is 40.9 Å². The summed E-state index contributed by atoms with van der Waals surface area (Å²) in [6.45, 7) is 5.53. The maximum Gasteiger partial charge on any atom is 0.480 e. The Morgan fingerprint density at radius 3 is 1.71 bits per heavy atom. The lowest BCUT2D eigenvalue weighted by atomic mass is 10.4. The molecule has 31 heavy (non-hydrogen) atoms. The molecule has 1 rings (SSSR count). The quantitative estimate of drug-likeness (QED) is 0.359. The lowest BCUT2D eigenvalue weighted by molar-refractivity contribution is -0.692. The van der Waals surface area contributed by atoms with Crippen LogP contribution in [-0.2, 0) is 43.0 Å². The third-order valence-electron chi connectivity index (χ3n) is 3.36. The molecule has 0 aliphatic rings. The lowest BCUT2D eigenvalue weighted by Crippen LogP contribution is -2.35. The molecule has 0 unspecified atom stereocenters. The molecule has 0 amide bonds. The zero-order valence-corrected chi connectivity index (χ0v) is 18.7. The maximum absolute atomic E-state index is 11.6. The van der Waals surface area contributed by atoms with Gasteiger partial charge in [-0.25, -0.2) is 34.4 Å². The first-order chi connectivity index (χ1) is 13.8. The van der Waals surface area contributed by atoms with Crippen molar-refractivity contribution in [2.24, 2.45) is 0 Å². The van der Waals surface area contributed by atoms with Crippen molar-refractivity contribution in [1.82, 2.24) is 4.57 Å². The van der Waals surface area contributed by atoms with Crippen LogP contribution in [-0.4, -0.2) is 52.3 Å². The van der Waals surface area contributed by atoms with E-state index in [1.165, 1.54) is 0 Å². The monoisotopic (exact) mass is 525 g/mol. The van der Waals surface area contributed by atoms with Crippen molar-refractivity contribution < 1.29 is 56.2 Å². The summed E-state index contributed by atoms with van der Waals surface area (Å²) in [7, 11) is -16.3. The molecule has 1 aromatic rings. The van der Waals surface area contributed by atoms with Gasteiger partial charge in [0.15, 0.2) is 29.9 Å². The molecule has 0 bridgehead atoms. The van der Waals surface area contributed by atoms with E-state index in [0.717, 1.165) is 23.5 Å². The molecule has 18 heteroatoms. The van der Waals surface area contributed by atoms with Crippen LogP contribution in [0.3, 0.4) is 0 Å². The van der Waals surface area contributed by atoms with Crippen molar-refractivity contribution in [2.75, 3.05) is 11.5 Å². The van der Waals surface area contributed by atoms with E-state index in [1.807, 2.05) is 34.8 Å². The number of unbranched alkanes of at least 4 members (excludes halogenated alkanes) is 1. The fourth-order valence-electron chi connectivity index (χ4n) is 1.68. The molecule has 0 radical (unpaired) electrons. The number of nitrogens with zero attached hydrogens (tertiary/aromatic N) is 3. The highest BCUT2D eigenvalue weighted by atomic mass is 32.3. The molecule has 0 aliphatic carbocycles. The number of hydrogen-bond donors (Lipinski definition) is 0. The second kappa shape index (κ2) is 11.0. The average molecular weight is 526 g/mol. The number of aryl methyl sites for hydroxylation is 2. The van der Waals surface area contributed by atoms with Gasteiger partial charge in [0.2, 0.25) is 6.33 Å². The van der Waals surface area contributed by atoms with Crippen molar-refractivity contribution in [3.63, 3.8) is 0 Å². The molecule has 0 fully saturated rings. The molecular weight excluding hydrogens is 504 g/mol. The molecule has 0 aromatic carbocycles. The number of rotatable bonds is 9. The van der Waals surface area contributed by atoms with Gasteiger partial charge in [-0.2, -0.15) is 26.3 Å². The standard InChI is InChI=1S/C11H21N2O2S.C2F6NO4S2/c1-3-5-9-16(14,15)10-8-13-7-6-12(4-2)11-13;3-1(4,5)14(10,11)9-15(12,13)2(6,7)8/h6-7,11H,3-5,8-10H2,1-2H3;/q+1;-1. The van der Waals surface area contributed by atoms with E-state index in [4.69, 9.17) is 0 Å². The number of hydrogen-bond acceptors (Lipinski definition) is 6. The number of alkyl halides is 6. The molecule has 1 heterocycles. The normalized spacial score (nSPS) is 13.5. The second-order valence-electron chi connectivity index (χ2n) is 5.90. The van der Waals surface area contributed by atoms with E-state index in [1.54, 1.807) is 0 Å². The number of sulfonamides is 2. The summed E-state index contributed by atoms with van der Waals surface area (Å²) >= 11 is 0. The summed E-state index contributed by atoms with van der Waals surface area (Å²) in [4.78, 5) is 0. The Labute approximate surface area is 176 Å². The first kappa shape index (κ1) is 29.6. The summed E-state index contributed by atoms with van der Waals surface area (Å²) in [6.07, 6.45) is 7.51. The zero-order chi connectivity index (χ0) is 24.7. The van der Waals surface area contributed by atoms with Crippen LogP contribution in [0.1, 0.15) is 26.7 Å². The van der Waals surface area contributed by atoms with Crippen LogP contribution in [0.15, 0.2) is 18.7 Å². The molecule has 0 aliphatic heterocycles. The highest BCUT2D eigenvalue weighted by molar-refractivity contribution is 8.13. The Morgan fingerprint density at radius 1 is 0.871 bits per heavy atom. The van der Waals surface area contributed by atoms with E-state index in [2.05, 4.69) is 6.92 Å². The van der Waals surface area contributed by atoms with Gasteiger partial charge in [0.05, 0.1) is 18.1 Å². The van der Waals surface area contributed by atoms with Crippen molar-refractivity contribution in [1.29, 1.82) is 0 Å². The minimum absolute atomic E-state index is 0.241. The fourth-order valence-corrected chi connectivity index (χ4v) is 4.81. The lowest BCUT2D eigenvalue weighted by Gasteiger charge is -2.22. The smallest absolute Gasteiger partial charge is 0.421 e. The van der Waals surface area contributed by atoms with Gasteiger partial charge in [-0.05, 0) is 13.3 Å². The van der Waals surface area contributed by atoms with Gasteiger partial charge in [-0.3, -0.25) is 0 Å². The number of halogens is 6. The first-order valence-corrected chi connectivity index (χ1v) is 13.1. The van der Waals surface area contributed by atoms with Crippen molar-refractivity contribution in [3.05, 3.63) is 22.8 Å². The Bertz CT molecular complexity index is 972. The van der Waals surface area contributed by atoms with Crippen molar-refractivity contribution in [3.8, 4) is 0 Å². The van der Waals surface area contributed by atoms with Crippen LogP contribution >= 0.6 is 0 Å². The fraction of sp³-hybridized carbons (Fsp3) is 0.769. The second-order valence-corrected chi connectivity index (χ2v) is 11.6. The summed E-state index contributed by atoms with van der Waals surface area (Å²) in [6, 6.07) is 0. The molecule has 1 aromatic heterocycles. The van der Waals surface area contributed by atoms with Crippen molar-refractivity contribution in [2.45, 2.75) is 50.8 Å². The summed E-state index contributed by atoms with van der Waals surface area (Å²) < 4.78 is 136. The molecule has 0 spiro atoms. The molecular formula is C13H21F6N3O6S3. The third kappa shape index (κ3) is 10.2. The number of aromatic nitrogens is 2. The Hall–Kier alpha value is -1.40. The predicted octanol–water partition coefficient (Wildman–Crippen LogP) is 2.07. The van der Waals surface area contributed by atoms with E-state index in [9.17, 15) is 51.6 Å². The molecule has 0 atom stereocenters. The van der Waals surface area contributed by atoms with Crippen molar-refractivity contribution >= 4 is 29.9 Å². The van der Waals surface area contributed by atoms with E-state index in [0.29, 0.717) is 12.3 Å². The van der Waals surface area contributed by atoms with Crippen LogP contribution < -0.4 is 4.57 Å². The van der Waals surface area contributed by atoms with Gasteiger partial charge in [-0.15, -0.1) is 0 Å². The third-order valence-corrected chi connectivity index (χ3v) is 7.82. The number of imidazole rings is 1. The minimum Gasteiger partial charge on any atom is -0.421 e. The van der Waals surface area contributed by atoms with E-state index in [-0.39, 0.29) is 5.75 Å². The Morgan fingerprint density at radius 2 is 1.35 bits per heavy atom. The van der Waals surface area contributed by atoms with Crippen LogP contribution in [0.2, 0.25) is 0 Å². The molecule has 184 valence electrons. The van der Waals surface area contributed by atoms with Crippen LogP contribution in [0.25, 0.3) is 4.13 Å². The van der Waals surface area contributed by atoms with Crippen LogP contribution in [0.5, 0.6) is 0 Å².